The monoisotopic (exact) mass is 237 g/mol. The number of Topliss-reactive ketones (excluding diaryl/α,β-unsaturated/α-hetero) is 1. The van der Waals surface area contributed by atoms with Gasteiger partial charge in [0.25, 0.3) is 0 Å². The molecule has 1 rings (SSSR count). The summed E-state index contributed by atoms with van der Waals surface area (Å²) < 4.78 is 0. The van der Waals surface area contributed by atoms with Gasteiger partial charge >= 0.3 is 0 Å². The van der Waals surface area contributed by atoms with E-state index in [1.165, 1.54) is 0 Å². The van der Waals surface area contributed by atoms with Crippen LogP contribution in [0.15, 0.2) is 24.3 Å². The maximum atomic E-state index is 10.8. The molecule has 0 radical (unpaired) electrons. The summed E-state index contributed by atoms with van der Waals surface area (Å²) >= 11 is 0. The number of carbonyl (C=O) groups is 1. The second-order valence-corrected chi connectivity index (χ2v) is 3.95. The molecular weight excluding hydrogens is 218 g/mol. The summed E-state index contributed by atoms with van der Waals surface area (Å²) in [6, 6.07) is 7.11. The van der Waals surface area contributed by atoms with Crippen LogP contribution < -0.4 is 5.32 Å². The highest BCUT2D eigenvalue weighted by atomic mass is 16.3. The summed E-state index contributed by atoms with van der Waals surface area (Å²) in [6.45, 7) is 0.418. The molecule has 0 atom stereocenters. The van der Waals surface area contributed by atoms with Crippen LogP contribution in [-0.2, 0) is 4.79 Å². The van der Waals surface area contributed by atoms with E-state index in [1.54, 1.807) is 12.1 Å². The lowest BCUT2D eigenvalue weighted by Crippen LogP contribution is -2.04. The van der Waals surface area contributed by atoms with E-state index in [-0.39, 0.29) is 18.1 Å². The fourth-order valence-corrected chi connectivity index (χ4v) is 1.55. The van der Waals surface area contributed by atoms with Crippen LogP contribution in [0.5, 0.6) is 5.75 Å². The van der Waals surface area contributed by atoms with Crippen molar-refractivity contribution in [1.29, 1.82) is 0 Å². The fraction of sp³-hybridized carbons (Fsp3) is 0.462. The first-order chi connectivity index (χ1) is 8.24. The third-order valence-corrected chi connectivity index (χ3v) is 2.53. The van der Waals surface area contributed by atoms with Crippen molar-refractivity contribution in [2.24, 2.45) is 0 Å². The number of rotatable bonds is 8. The lowest BCUT2D eigenvalue weighted by molar-refractivity contribution is -0.121. The standard InChI is InChI=1S/C13H19NO3/c15-10-11(16)6-2-1-5-9-14-12-7-3-4-8-13(12)17/h3-4,7-8,14-15,17H,1-2,5-6,9-10H2. The Bertz CT molecular complexity index is 352. The molecule has 0 heterocycles. The molecule has 94 valence electrons. The second-order valence-electron chi connectivity index (χ2n) is 3.95. The molecule has 1 aromatic rings. The normalized spacial score (nSPS) is 10.2. The first-order valence-electron chi connectivity index (χ1n) is 5.88. The van der Waals surface area contributed by atoms with Gasteiger partial charge in [-0.3, -0.25) is 4.79 Å². The number of nitrogens with one attached hydrogen (secondary N) is 1. The fourth-order valence-electron chi connectivity index (χ4n) is 1.55. The number of anilines is 1. The van der Waals surface area contributed by atoms with E-state index in [9.17, 15) is 9.90 Å². The Morgan fingerprint density at radius 3 is 2.65 bits per heavy atom. The Morgan fingerprint density at radius 1 is 1.18 bits per heavy atom. The number of unbranched alkanes of at least 4 members (excludes halogenated alkanes) is 2. The van der Waals surface area contributed by atoms with Gasteiger partial charge in [0.2, 0.25) is 0 Å². The molecule has 0 fully saturated rings. The molecule has 0 aromatic heterocycles. The van der Waals surface area contributed by atoms with Crippen LogP contribution >= 0.6 is 0 Å². The molecule has 0 aliphatic rings. The van der Waals surface area contributed by atoms with E-state index in [1.807, 2.05) is 12.1 Å². The molecule has 0 amide bonds. The van der Waals surface area contributed by atoms with Crippen molar-refractivity contribution in [3.63, 3.8) is 0 Å². The number of carbonyl (C=O) groups excluding carboxylic acids is 1. The van der Waals surface area contributed by atoms with Crippen molar-refractivity contribution < 1.29 is 15.0 Å². The number of benzene rings is 1. The first kappa shape index (κ1) is 13.5. The number of phenols is 1. The van der Waals surface area contributed by atoms with E-state index < -0.39 is 0 Å². The molecule has 0 aliphatic heterocycles. The van der Waals surface area contributed by atoms with Gasteiger partial charge in [-0.1, -0.05) is 18.6 Å². The minimum Gasteiger partial charge on any atom is -0.506 e. The van der Waals surface area contributed by atoms with Gasteiger partial charge in [0.15, 0.2) is 5.78 Å². The minimum absolute atomic E-state index is 0.0985. The van der Waals surface area contributed by atoms with Crippen molar-refractivity contribution in [3.8, 4) is 5.75 Å². The van der Waals surface area contributed by atoms with Crippen LogP contribution in [0.25, 0.3) is 0 Å². The van der Waals surface area contributed by atoms with Crippen molar-refractivity contribution in [2.45, 2.75) is 25.7 Å². The average molecular weight is 237 g/mol. The summed E-state index contributed by atoms with van der Waals surface area (Å²) in [7, 11) is 0. The van der Waals surface area contributed by atoms with Gasteiger partial charge in [-0.05, 0) is 25.0 Å². The van der Waals surface area contributed by atoms with Crippen LogP contribution in [0.2, 0.25) is 0 Å². The molecule has 1 aromatic carbocycles. The smallest absolute Gasteiger partial charge is 0.158 e. The van der Waals surface area contributed by atoms with Crippen molar-refractivity contribution in [3.05, 3.63) is 24.3 Å². The number of aromatic hydroxyl groups is 1. The number of para-hydroxylation sites is 2. The zero-order valence-electron chi connectivity index (χ0n) is 9.85. The summed E-state index contributed by atoms with van der Waals surface area (Å²) in [6.07, 6.45) is 3.13. The zero-order chi connectivity index (χ0) is 12.5. The van der Waals surface area contributed by atoms with E-state index >= 15 is 0 Å². The van der Waals surface area contributed by atoms with Crippen LogP contribution in [0.1, 0.15) is 25.7 Å². The lowest BCUT2D eigenvalue weighted by atomic mass is 10.1. The predicted molar refractivity (Wildman–Crippen MR) is 67.2 cm³/mol. The van der Waals surface area contributed by atoms with E-state index in [2.05, 4.69) is 5.32 Å². The molecule has 3 N–H and O–H groups in total. The SMILES string of the molecule is O=C(CO)CCCCCNc1ccccc1O. The third-order valence-electron chi connectivity index (χ3n) is 2.53. The number of aliphatic hydroxyl groups excluding tert-OH is 1. The highest BCUT2D eigenvalue weighted by Crippen LogP contribution is 2.21. The Labute approximate surface area is 101 Å². The van der Waals surface area contributed by atoms with Gasteiger partial charge in [0.1, 0.15) is 12.4 Å². The largest absolute Gasteiger partial charge is 0.506 e. The number of aliphatic hydroxyl groups is 1. The molecule has 0 unspecified atom stereocenters. The predicted octanol–water partition coefficient (Wildman–Crippen LogP) is 1.93. The molecule has 4 nitrogen and oxygen atoms in total. The van der Waals surface area contributed by atoms with Crippen molar-refractivity contribution >= 4 is 11.5 Å². The third kappa shape index (κ3) is 5.36. The van der Waals surface area contributed by atoms with Gasteiger partial charge < -0.3 is 15.5 Å². The van der Waals surface area contributed by atoms with Crippen molar-refractivity contribution in [1.82, 2.24) is 0 Å². The maximum Gasteiger partial charge on any atom is 0.158 e. The quantitative estimate of drug-likeness (QED) is 0.477. The van der Waals surface area contributed by atoms with Crippen LogP contribution in [0, 0.1) is 0 Å². The molecule has 0 aliphatic carbocycles. The molecule has 17 heavy (non-hydrogen) atoms. The molecule has 4 heteroatoms. The summed E-state index contributed by atoms with van der Waals surface area (Å²) in [5, 5.41) is 21.1. The summed E-state index contributed by atoms with van der Waals surface area (Å²) in [5.41, 5.74) is 0.735. The second kappa shape index (κ2) is 7.68. The van der Waals surface area contributed by atoms with Gasteiger partial charge in [-0.15, -0.1) is 0 Å². The topological polar surface area (TPSA) is 69.6 Å². The summed E-state index contributed by atoms with van der Waals surface area (Å²) in [5.74, 6) is 0.154. The Kier molecular flexibility index (Phi) is 6.10. The Morgan fingerprint density at radius 2 is 1.94 bits per heavy atom. The van der Waals surface area contributed by atoms with Gasteiger partial charge in [0.05, 0.1) is 5.69 Å². The first-order valence-corrected chi connectivity index (χ1v) is 5.88. The highest BCUT2D eigenvalue weighted by molar-refractivity contribution is 5.79. The van der Waals surface area contributed by atoms with Crippen LogP contribution in [0.4, 0.5) is 5.69 Å². The highest BCUT2D eigenvalue weighted by Gasteiger charge is 2.00. The minimum atomic E-state index is -0.351. The number of phenolic OH excluding ortho intramolecular Hbond substituents is 1. The molecule has 0 spiro atoms. The Hall–Kier alpha value is -1.55. The molecular formula is C13H19NO3. The molecule has 0 bridgehead atoms. The van der Waals surface area contributed by atoms with Gasteiger partial charge in [0, 0.05) is 13.0 Å². The van der Waals surface area contributed by atoms with E-state index in [0.717, 1.165) is 31.5 Å². The van der Waals surface area contributed by atoms with Crippen molar-refractivity contribution in [2.75, 3.05) is 18.5 Å². The maximum absolute atomic E-state index is 10.8. The van der Waals surface area contributed by atoms with Gasteiger partial charge in [-0.2, -0.15) is 0 Å². The Balaban J connectivity index is 2.09. The molecule has 0 saturated carbocycles. The number of hydrogen-bond acceptors (Lipinski definition) is 4. The molecule has 0 saturated heterocycles. The van der Waals surface area contributed by atoms with Gasteiger partial charge in [-0.25, -0.2) is 0 Å². The van der Waals surface area contributed by atoms with E-state index in [0.29, 0.717) is 6.42 Å². The number of hydrogen-bond donors (Lipinski definition) is 3. The average Bonchev–Trinajstić information content (AvgIpc) is 2.35. The van der Waals surface area contributed by atoms with E-state index in [4.69, 9.17) is 5.11 Å². The van der Waals surface area contributed by atoms with Crippen LogP contribution in [0.3, 0.4) is 0 Å². The number of ketones is 1. The van der Waals surface area contributed by atoms with Crippen LogP contribution in [-0.4, -0.2) is 29.1 Å². The zero-order valence-corrected chi connectivity index (χ0v) is 9.85. The summed E-state index contributed by atoms with van der Waals surface area (Å²) in [4.78, 5) is 10.8. The lowest BCUT2D eigenvalue weighted by Gasteiger charge is -2.07.